The number of pyridine rings is 1. The van der Waals surface area contributed by atoms with E-state index in [0.29, 0.717) is 13.2 Å². The molecule has 0 amide bonds. The van der Waals surface area contributed by atoms with Crippen molar-refractivity contribution in [3.8, 4) is 0 Å². The molecule has 1 aromatic rings. The molecule has 1 heterocycles. The van der Waals surface area contributed by atoms with Gasteiger partial charge in [0, 0.05) is 25.1 Å². The number of aliphatic carboxylic acids is 1. The number of carboxylic acids is 1. The molecule has 0 radical (unpaired) electrons. The zero-order valence-electron chi connectivity index (χ0n) is 9.93. The number of aryl methyl sites for hydroxylation is 1. The van der Waals surface area contributed by atoms with Gasteiger partial charge in [0.2, 0.25) is 0 Å². The van der Waals surface area contributed by atoms with Crippen LogP contribution in [0.25, 0.3) is 0 Å². The molecule has 0 saturated heterocycles. The summed E-state index contributed by atoms with van der Waals surface area (Å²) in [6, 6.07) is 3.96. The Labute approximate surface area is 101 Å². The van der Waals surface area contributed by atoms with Crippen molar-refractivity contribution in [3.05, 3.63) is 41.7 Å². The number of carboxylic acid groups (broad SMARTS) is 1. The molecule has 1 aromatic heterocycles. The molecule has 1 rings (SSSR count). The average Bonchev–Trinajstić information content (AvgIpc) is 2.29. The molecule has 0 aliphatic heterocycles. The average molecular weight is 235 g/mol. The fourth-order valence-electron chi connectivity index (χ4n) is 1.41. The van der Waals surface area contributed by atoms with E-state index in [1.165, 1.54) is 11.6 Å². The van der Waals surface area contributed by atoms with Gasteiger partial charge < -0.3 is 9.84 Å². The minimum absolute atomic E-state index is 0.378. The van der Waals surface area contributed by atoms with E-state index in [-0.39, 0.29) is 0 Å². The van der Waals surface area contributed by atoms with Crippen LogP contribution in [0.15, 0.2) is 36.2 Å². The summed E-state index contributed by atoms with van der Waals surface area (Å²) in [5.74, 6) is -0.928. The lowest BCUT2D eigenvalue weighted by Crippen LogP contribution is -2.01. The first-order valence-electron chi connectivity index (χ1n) is 5.55. The molecule has 4 nitrogen and oxygen atoms in total. The first-order valence-corrected chi connectivity index (χ1v) is 5.55. The minimum Gasteiger partial charge on any atom is -0.478 e. The third-order valence-electron chi connectivity index (χ3n) is 2.20. The molecule has 0 atom stereocenters. The minimum atomic E-state index is -0.928. The Morgan fingerprint density at radius 1 is 1.47 bits per heavy atom. The summed E-state index contributed by atoms with van der Waals surface area (Å²) in [6.45, 7) is 2.76. The zero-order valence-corrected chi connectivity index (χ0v) is 9.93. The highest BCUT2D eigenvalue weighted by atomic mass is 16.5. The SMILES string of the molecule is CC(=CC(=O)O)COCCCc1ccncc1. The first kappa shape index (κ1) is 13.4. The number of aromatic nitrogens is 1. The van der Waals surface area contributed by atoms with Crippen molar-refractivity contribution in [2.75, 3.05) is 13.2 Å². The molecule has 1 N–H and O–H groups in total. The van der Waals surface area contributed by atoms with Crippen LogP contribution in [0.5, 0.6) is 0 Å². The fourth-order valence-corrected chi connectivity index (χ4v) is 1.41. The molecule has 0 saturated carbocycles. The number of hydrogen-bond donors (Lipinski definition) is 1. The number of ether oxygens (including phenoxy) is 1. The normalized spacial score (nSPS) is 11.5. The highest BCUT2D eigenvalue weighted by molar-refractivity contribution is 5.80. The molecule has 92 valence electrons. The summed E-state index contributed by atoms with van der Waals surface area (Å²) >= 11 is 0. The van der Waals surface area contributed by atoms with Gasteiger partial charge in [-0.1, -0.05) is 0 Å². The van der Waals surface area contributed by atoms with Gasteiger partial charge in [-0.15, -0.1) is 0 Å². The Bertz CT molecular complexity index is 374. The van der Waals surface area contributed by atoms with Crippen molar-refractivity contribution >= 4 is 5.97 Å². The van der Waals surface area contributed by atoms with Gasteiger partial charge in [-0.3, -0.25) is 4.98 Å². The predicted molar refractivity (Wildman–Crippen MR) is 64.8 cm³/mol. The maximum Gasteiger partial charge on any atom is 0.328 e. The maximum absolute atomic E-state index is 10.3. The molecule has 0 aliphatic carbocycles. The first-order chi connectivity index (χ1) is 8.18. The van der Waals surface area contributed by atoms with Crippen molar-refractivity contribution in [3.63, 3.8) is 0 Å². The van der Waals surface area contributed by atoms with Crippen LogP contribution in [-0.2, 0) is 16.0 Å². The Kier molecular flexibility index (Phi) is 5.96. The van der Waals surface area contributed by atoms with Gasteiger partial charge in [0.15, 0.2) is 0 Å². The standard InChI is InChI=1S/C13H17NO3/c1-11(9-13(15)16)10-17-8-2-3-12-4-6-14-7-5-12/h4-7,9H,2-3,8,10H2,1H3,(H,15,16). The molecule has 0 aliphatic rings. The van der Waals surface area contributed by atoms with E-state index in [0.717, 1.165) is 18.4 Å². The van der Waals surface area contributed by atoms with Crippen LogP contribution in [0.1, 0.15) is 18.9 Å². The highest BCUT2D eigenvalue weighted by Crippen LogP contribution is 2.01. The van der Waals surface area contributed by atoms with Crippen LogP contribution in [0.4, 0.5) is 0 Å². The zero-order chi connectivity index (χ0) is 12.5. The lowest BCUT2D eigenvalue weighted by Gasteiger charge is -2.04. The summed E-state index contributed by atoms with van der Waals surface area (Å²) in [5.41, 5.74) is 1.96. The van der Waals surface area contributed by atoms with Gasteiger partial charge in [0.05, 0.1) is 6.61 Å². The van der Waals surface area contributed by atoms with E-state index in [1.54, 1.807) is 19.3 Å². The van der Waals surface area contributed by atoms with Crippen LogP contribution in [0, 0.1) is 0 Å². The lowest BCUT2D eigenvalue weighted by atomic mass is 10.1. The van der Waals surface area contributed by atoms with Gasteiger partial charge in [0.1, 0.15) is 0 Å². The van der Waals surface area contributed by atoms with Crippen molar-refractivity contribution in [2.45, 2.75) is 19.8 Å². The van der Waals surface area contributed by atoms with Gasteiger partial charge in [-0.05, 0) is 43.0 Å². The topological polar surface area (TPSA) is 59.4 Å². The van der Waals surface area contributed by atoms with Gasteiger partial charge >= 0.3 is 5.97 Å². The summed E-state index contributed by atoms with van der Waals surface area (Å²) in [6.07, 6.45) is 6.59. The van der Waals surface area contributed by atoms with E-state index in [1.807, 2.05) is 12.1 Å². The van der Waals surface area contributed by atoms with Crippen LogP contribution in [-0.4, -0.2) is 29.3 Å². The molecule has 4 heteroatoms. The number of rotatable bonds is 7. The Balaban J connectivity index is 2.11. The van der Waals surface area contributed by atoms with Crippen molar-refractivity contribution in [2.24, 2.45) is 0 Å². The Hall–Kier alpha value is -1.68. The van der Waals surface area contributed by atoms with Gasteiger partial charge in [-0.2, -0.15) is 0 Å². The smallest absolute Gasteiger partial charge is 0.328 e. The van der Waals surface area contributed by atoms with Crippen LogP contribution < -0.4 is 0 Å². The third-order valence-corrected chi connectivity index (χ3v) is 2.20. The number of carbonyl (C=O) groups is 1. The predicted octanol–water partition coefficient (Wildman–Crippen LogP) is 2.06. The van der Waals surface area contributed by atoms with Gasteiger partial charge in [0.25, 0.3) is 0 Å². The van der Waals surface area contributed by atoms with Crippen LogP contribution in [0.3, 0.4) is 0 Å². The van der Waals surface area contributed by atoms with E-state index >= 15 is 0 Å². The van der Waals surface area contributed by atoms with Crippen molar-refractivity contribution in [1.82, 2.24) is 4.98 Å². The van der Waals surface area contributed by atoms with E-state index < -0.39 is 5.97 Å². The second-order valence-corrected chi connectivity index (χ2v) is 3.84. The molecule has 0 spiro atoms. The summed E-state index contributed by atoms with van der Waals surface area (Å²) in [5, 5.41) is 8.50. The molecule has 17 heavy (non-hydrogen) atoms. The fraction of sp³-hybridized carbons (Fsp3) is 0.385. The highest BCUT2D eigenvalue weighted by Gasteiger charge is 1.96. The lowest BCUT2D eigenvalue weighted by molar-refractivity contribution is -0.131. The Morgan fingerprint density at radius 2 is 2.18 bits per heavy atom. The van der Waals surface area contributed by atoms with Gasteiger partial charge in [-0.25, -0.2) is 4.79 Å². The summed E-state index contributed by atoms with van der Waals surface area (Å²) < 4.78 is 5.37. The van der Waals surface area contributed by atoms with Crippen molar-refractivity contribution < 1.29 is 14.6 Å². The molecule has 0 unspecified atom stereocenters. The van der Waals surface area contributed by atoms with Crippen molar-refractivity contribution in [1.29, 1.82) is 0 Å². The Morgan fingerprint density at radius 3 is 2.82 bits per heavy atom. The largest absolute Gasteiger partial charge is 0.478 e. The quantitative estimate of drug-likeness (QED) is 0.580. The third kappa shape index (κ3) is 6.48. The summed E-state index contributed by atoms with van der Waals surface area (Å²) in [4.78, 5) is 14.3. The van der Waals surface area contributed by atoms with E-state index in [4.69, 9.17) is 9.84 Å². The second kappa shape index (κ2) is 7.57. The van der Waals surface area contributed by atoms with E-state index in [9.17, 15) is 4.79 Å². The van der Waals surface area contributed by atoms with E-state index in [2.05, 4.69) is 4.98 Å². The maximum atomic E-state index is 10.3. The monoisotopic (exact) mass is 235 g/mol. The molecular formula is C13H17NO3. The van der Waals surface area contributed by atoms with Crippen LogP contribution >= 0.6 is 0 Å². The summed E-state index contributed by atoms with van der Waals surface area (Å²) in [7, 11) is 0. The number of nitrogens with zero attached hydrogens (tertiary/aromatic N) is 1. The molecule has 0 fully saturated rings. The molecule has 0 aromatic carbocycles. The molecular weight excluding hydrogens is 218 g/mol. The second-order valence-electron chi connectivity index (χ2n) is 3.84. The van der Waals surface area contributed by atoms with Crippen LogP contribution in [0.2, 0.25) is 0 Å². The molecule has 0 bridgehead atoms. The number of hydrogen-bond acceptors (Lipinski definition) is 3.